The quantitative estimate of drug-likeness (QED) is 0.713. The van der Waals surface area contributed by atoms with Gasteiger partial charge in [0.25, 0.3) is 0 Å². The first-order valence-electron chi connectivity index (χ1n) is 8.44. The molecule has 8 nitrogen and oxygen atoms in total. The van der Waals surface area contributed by atoms with Crippen LogP contribution in [0.15, 0.2) is 35.5 Å². The van der Waals surface area contributed by atoms with Crippen LogP contribution in [0.3, 0.4) is 0 Å². The summed E-state index contributed by atoms with van der Waals surface area (Å²) in [6.07, 6.45) is 8.07. The van der Waals surface area contributed by atoms with E-state index in [4.69, 9.17) is 4.42 Å². The van der Waals surface area contributed by atoms with Crippen molar-refractivity contribution in [2.24, 2.45) is 0 Å². The normalized spacial score (nSPS) is 16.2. The molecule has 2 amide bonds. The van der Waals surface area contributed by atoms with Crippen LogP contribution in [0.4, 0.5) is 4.79 Å². The molecule has 0 aromatic carbocycles. The number of urea groups is 1. The van der Waals surface area contributed by atoms with E-state index >= 15 is 0 Å². The highest BCUT2D eigenvalue weighted by Gasteiger charge is 2.25. The van der Waals surface area contributed by atoms with E-state index in [1.54, 1.807) is 17.3 Å². The van der Waals surface area contributed by atoms with Crippen molar-refractivity contribution >= 4 is 6.03 Å². The molecule has 0 aliphatic carbocycles. The van der Waals surface area contributed by atoms with Crippen LogP contribution in [0.25, 0.3) is 0 Å². The smallest absolute Gasteiger partial charge is 0.314 e. The van der Waals surface area contributed by atoms with Crippen LogP contribution in [-0.4, -0.2) is 51.9 Å². The second-order valence-corrected chi connectivity index (χ2v) is 5.92. The number of carbonyl (C=O) groups excluding carboxylic acids is 1. The van der Waals surface area contributed by atoms with Gasteiger partial charge in [0.1, 0.15) is 18.4 Å². The van der Waals surface area contributed by atoms with Crippen molar-refractivity contribution < 1.29 is 9.21 Å². The topological polar surface area (TPSA) is 88.2 Å². The maximum absolute atomic E-state index is 12.0. The van der Waals surface area contributed by atoms with Crippen molar-refractivity contribution in [2.45, 2.75) is 31.8 Å². The van der Waals surface area contributed by atoms with E-state index in [2.05, 4.69) is 25.6 Å². The molecule has 2 N–H and O–H groups in total. The first-order chi connectivity index (χ1) is 11.8. The predicted octanol–water partition coefficient (Wildman–Crippen LogP) is 1.40. The Morgan fingerprint density at radius 1 is 1.33 bits per heavy atom. The summed E-state index contributed by atoms with van der Waals surface area (Å²) in [7, 11) is 0. The molecular formula is C16H24N6O2. The van der Waals surface area contributed by atoms with E-state index in [1.807, 2.05) is 12.1 Å². The van der Waals surface area contributed by atoms with Crippen LogP contribution in [0.2, 0.25) is 0 Å². The Kier molecular flexibility index (Phi) is 5.84. The van der Waals surface area contributed by atoms with Crippen LogP contribution < -0.4 is 10.6 Å². The van der Waals surface area contributed by atoms with Crippen LogP contribution in [0.5, 0.6) is 0 Å². The van der Waals surface area contributed by atoms with Crippen molar-refractivity contribution in [2.75, 3.05) is 26.2 Å². The van der Waals surface area contributed by atoms with Gasteiger partial charge in [-0.1, -0.05) is 0 Å². The number of likely N-dealkylation sites (tertiary alicyclic amines) is 1. The average molecular weight is 332 g/mol. The zero-order valence-electron chi connectivity index (χ0n) is 13.7. The Morgan fingerprint density at radius 3 is 2.92 bits per heavy atom. The van der Waals surface area contributed by atoms with E-state index < -0.39 is 0 Å². The van der Waals surface area contributed by atoms with Gasteiger partial charge in [0.2, 0.25) is 0 Å². The number of carbonyl (C=O) groups is 1. The fourth-order valence-corrected chi connectivity index (χ4v) is 2.99. The summed E-state index contributed by atoms with van der Waals surface area (Å²) in [5.74, 6) is 0.906. The number of rotatable bonds is 8. The van der Waals surface area contributed by atoms with Crippen LogP contribution in [0.1, 0.15) is 31.1 Å². The number of aryl methyl sites for hydroxylation is 1. The third-order valence-electron chi connectivity index (χ3n) is 4.23. The Hall–Kier alpha value is -2.35. The number of hydrogen-bond donors (Lipinski definition) is 2. The third kappa shape index (κ3) is 4.58. The highest BCUT2D eigenvalue weighted by atomic mass is 16.3. The van der Waals surface area contributed by atoms with E-state index in [-0.39, 0.29) is 12.1 Å². The van der Waals surface area contributed by atoms with E-state index in [0.717, 1.165) is 31.8 Å². The number of hydrogen-bond acceptors (Lipinski definition) is 5. The summed E-state index contributed by atoms with van der Waals surface area (Å²) >= 11 is 0. The van der Waals surface area contributed by atoms with Gasteiger partial charge in [0, 0.05) is 19.6 Å². The highest BCUT2D eigenvalue weighted by molar-refractivity contribution is 5.73. The summed E-state index contributed by atoms with van der Waals surface area (Å²) in [5.41, 5.74) is 0. The Bertz CT molecular complexity index is 592. The zero-order valence-corrected chi connectivity index (χ0v) is 13.7. The molecule has 1 aliphatic rings. The molecule has 2 aromatic rings. The van der Waals surface area contributed by atoms with Gasteiger partial charge in [0.05, 0.1) is 12.3 Å². The summed E-state index contributed by atoms with van der Waals surface area (Å²) in [5, 5.41) is 9.86. The Labute approximate surface area is 141 Å². The lowest BCUT2D eigenvalue weighted by molar-refractivity contribution is 0.203. The number of aromatic nitrogens is 3. The highest BCUT2D eigenvalue weighted by Crippen LogP contribution is 2.24. The van der Waals surface area contributed by atoms with Gasteiger partial charge in [-0.3, -0.25) is 9.58 Å². The molecule has 1 saturated heterocycles. The van der Waals surface area contributed by atoms with Gasteiger partial charge in [-0.2, -0.15) is 5.10 Å². The number of amides is 2. The average Bonchev–Trinajstić information content (AvgIpc) is 3.34. The minimum absolute atomic E-state index is 0.100. The fourth-order valence-electron chi connectivity index (χ4n) is 2.99. The monoisotopic (exact) mass is 332 g/mol. The zero-order chi connectivity index (χ0) is 16.6. The molecule has 8 heteroatoms. The summed E-state index contributed by atoms with van der Waals surface area (Å²) in [6, 6.07) is 3.82. The molecule has 0 spiro atoms. The molecule has 2 aromatic heterocycles. The van der Waals surface area contributed by atoms with Crippen LogP contribution >= 0.6 is 0 Å². The minimum atomic E-state index is -0.149. The van der Waals surface area contributed by atoms with Crippen molar-refractivity contribution in [3.05, 3.63) is 36.8 Å². The maximum Gasteiger partial charge on any atom is 0.314 e. The van der Waals surface area contributed by atoms with Crippen LogP contribution in [-0.2, 0) is 6.54 Å². The number of furan rings is 1. The van der Waals surface area contributed by atoms with Crippen LogP contribution in [0, 0.1) is 0 Å². The van der Waals surface area contributed by atoms with Gasteiger partial charge in [-0.15, -0.1) is 0 Å². The second-order valence-electron chi connectivity index (χ2n) is 5.92. The molecule has 1 atom stereocenters. The lowest BCUT2D eigenvalue weighted by Gasteiger charge is -2.26. The van der Waals surface area contributed by atoms with Gasteiger partial charge in [-0.25, -0.2) is 9.78 Å². The lowest BCUT2D eigenvalue weighted by Crippen LogP contribution is -2.41. The molecular weight excluding hydrogens is 308 g/mol. The molecule has 0 saturated carbocycles. The first kappa shape index (κ1) is 16.5. The number of nitrogens with zero attached hydrogens (tertiary/aromatic N) is 4. The summed E-state index contributed by atoms with van der Waals surface area (Å²) < 4.78 is 7.30. The predicted molar refractivity (Wildman–Crippen MR) is 88.3 cm³/mol. The lowest BCUT2D eigenvalue weighted by atomic mass is 10.2. The largest absolute Gasteiger partial charge is 0.468 e. The molecule has 24 heavy (non-hydrogen) atoms. The van der Waals surface area contributed by atoms with Crippen molar-refractivity contribution in [1.82, 2.24) is 30.3 Å². The van der Waals surface area contributed by atoms with Crippen molar-refractivity contribution in [1.29, 1.82) is 0 Å². The van der Waals surface area contributed by atoms with Crippen molar-refractivity contribution in [3.8, 4) is 0 Å². The van der Waals surface area contributed by atoms with Gasteiger partial charge in [0.15, 0.2) is 0 Å². The summed E-state index contributed by atoms with van der Waals surface area (Å²) in [4.78, 5) is 18.2. The van der Waals surface area contributed by atoms with Crippen molar-refractivity contribution in [3.63, 3.8) is 0 Å². The third-order valence-corrected chi connectivity index (χ3v) is 4.23. The molecule has 3 rings (SSSR count). The molecule has 0 bridgehead atoms. The molecule has 1 fully saturated rings. The maximum atomic E-state index is 12.0. The van der Waals surface area contributed by atoms with Gasteiger partial charge < -0.3 is 15.1 Å². The molecule has 0 unspecified atom stereocenters. The van der Waals surface area contributed by atoms with Gasteiger partial charge >= 0.3 is 6.03 Å². The molecule has 0 radical (unpaired) electrons. The van der Waals surface area contributed by atoms with Gasteiger partial charge in [-0.05, 0) is 44.5 Å². The van der Waals surface area contributed by atoms with E-state index in [9.17, 15) is 4.79 Å². The molecule has 130 valence electrons. The van der Waals surface area contributed by atoms with E-state index in [1.165, 1.54) is 19.2 Å². The summed E-state index contributed by atoms with van der Waals surface area (Å²) in [6.45, 7) is 3.98. The first-order valence-corrected chi connectivity index (χ1v) is 8.44. The second kappa shape index (κ2) is 8.49. The Morgan fingerprint density at radius 2 is 2.21 bits per heavy atom. The molecule has 1 aliphatic heterocycles. The fraction of sp³-hybridized carbons (Fsp3) is 0.562. The standard InChI is InChI=1S/C16H24N6O2/c23-16(18-6-4-9-22-13-17-12-20-22)19-11-14(15-5-3-10-24-15)21-7-1-2-8-21/h3,5,10,12-14H,1-2,4,6-9,11H2,(H2,18,19,23)/t14-/m1/s1. The number of nitrogens with one attached hydrogen (secondary N) is 2. The van der Waals surface area contributed by atoms with E-state index in [0.29, 0.717) is 13.1 Å². The Balaban J connectivity index is 1.39. The SMILES string of the molecule is O=C(NCCCn1cncn1)NC[C@H](c1ccco1)N1CCCC1. The molecule has 3 heterocycles. The minimum Gasteiger partial charge on any atom is -0.468 e.